The molecule has 0 amide bonds. The van der Waals surface area contributed by atoms with E-state index in [1.165, 1.54) is 38.2 Å². The Kier molecular flexibility index (Phi) is 4.92. The number of benzene rings is 1. The van der Waals surface area contributed by atoms with Crippen LogP contribution in [0.15, 0.2) is 18.2 Å². The molecular weight excluding hydrogens is 274 g/mol. The molecule has 1 aliphatic carbocycles. The first-order valence-corrected chi connectivity index (χ1v) is 7.66. The highest BCUT2D eigenvalue weighted by Gasteiger charge is 2.24. The molecule has 110 valence electrons. The van der Waals surface area contributed by atoms with Crippen molar-refractivity contribution in [3.8, 4) is 0 Å². The molecule has 1 aliphatic rings. The second-order valence-corrected chi connectivity index (χ2v) is 6.07. The van der Waals surface area contributed by atoms with Gasteiger partial charge in [0.15, 0.2) is 0 Å². The lowest BCUT2D eigenvalue weighted by atomic mass is 9.84. The molecule has 1 fully saturated rings. The molecule has 0 aliphatic heterocycles. The number of anilines is 1. The SMILES string of the molecule is CCC1CCC(N(C)c2ccc(C(=O)O)cc2Cl)CC1. The molecule has 2 rings (SSSR count). The topological polar surface area (TPSA) is 40.5 Å². The van der Waals surface area contributed by atoms with Crippen LogP contribution in [0.4, 0.5) is 5.69 Å². The molecule has 0 radical (unpaired) electrons. The number of hydrogen-bond donors (Lipinski definition) is 1. The first kappa shape index (κ1) is 15.2. The molecule has 0 heterocycles. The van der Waals surface area contributed by atoms with Crippen LogP contribution in [-0.2, 0) is 0 Å². The smallest absolute Gasteiger partial charge is 0.335 e. The summed E-state index contributed by atoms with van der Waals surface area (Å²) in [7, 11) is 2.05. The van der Waals surface area contributed by atoms with Crippen LogP contribution in [0.5, 0.6) is 0 Å². The van der Waals surface area contributed by atoms with E-state index < -0.39 is 5.97 Å². The monoisotopic (exact) mass is 295 g/mol. The van der Waals surface area contributed by atoms with Gasteiger partial charge in [-0.05, 0) is 49.8 Å². The van der Waals surface area contributed by atoms with Crippen LogP contribution in [-0.4, -0.2) is 24.2 Å². The maximum atomic E-state index is 10.9. The van der Waals surface area contributed by atoms with E-state index in [0.29, 0.717) is 11.1 Å². The normalized spacial score (nSPS) is 22.6. The van der Waals surface area contributed by atoms with Crippen LogP contribution < -0.4 is 4.90 Å². The minimum atomic E-state index is -0.940. The van der Waals surface area contributed by atoms with E-state index in [0.717, 1.165) is 11.6 Å². The highest BCUT2D eigenvalue weighted by atomic mass is 35.5. The van der Waals surface area contributed by atoms with Crippen LogP contribution in [0.25, 0.3) is 0 Å². The standard InChI is InChI=1S/C16H22ClNO2/c1-3-11-4-7-13(8-5-11)18(2)15-9-6-12(16(19)20)10-14(15)17/h6,9-11,13H,3-5,7-8H2,1-2H3,(H,19,20). The van der Waals surface area contributed by atoms with E-state index in [9.17, 15) is 4.79 Å². The molecule has 0 spiro atoms. The molecule has 0 unspecified atom stereocenters. The maximum absolute atomic E-state index is 10.9. The predicted octanol–water partition coefficient (Wildman–Crippen LogP) is 4.44. The van der Waals surface area contributed by atoms with Crippen LogP contribution in [0.1, 0.15) is 49.4 Å². The highest BCUT2D eigenvalue weighted by Crippen LogP contribution is 2.34. The lowest BCUT2D eigenvalue weighted by molar-refractivity contribution is 0.0697. The first-order chi connectivity index (χ1) is 9.52. The van der Waals surface area contributed by atoms with E-state index in [1.54, 1.807) is 6.07 Å². The molecule has 4 heteroatoms. The van der Waals surface area contributed by atoms with Gasteiger partial charge in [-0.15, -0.1) is 0 Å². The quantitative estimate of drug-likeness (QED) is 0.892. The zero-order valence-electron chi connectivity index (χ0n) is 12.1. The van der Waals surface area contributed by atoms with Crippen LogP contribution >= 0.6 is 11.6 Å². The summed E-state index contributed by atoms with van der Waals surface area (Å²) in [6, 6.07) is 5.48. The van der Waals surface area contributed by atoms with Gasteiger partial charge in [-0.2, -0.15) is 0 Å². The number of halogens is 1. The number of carbonyl (C=O) groups is 1. The van der Waals surface area contributed by atoms with Gasteiger partial charge >= 0.3 is 5.97 Å². The zero-order chi connectivity index (χ0) is 14.7. The van der Waals surface area contributed by atoms with Crippen LogP contribution in [0.3, 0.4) is 0 Å². The van der Waals surface area contributed by atoms with Gasteiger partial charge in [-0.3, -0.25) is 0 Å². The summed E-state index contributed by atoms with van der Waals surface area (Å²) >= 11 is 6.24. The summed E-state index contributed by atoms with van der Waals surface area (Å²) in [5.74, 6) is -0.0749. The third kappa shape index (κ3) is 3.26. The molecular formula is C16H22ClNO2. The van der Waals surface area contributed by atoms with Crippen molar-refractivity contribution >= 4 is 23.3 Å². The van der Waals surface area contributed by atoms with E-state index in [2.05, 4.69) is 18.9 Å². The Balaban J connectivity index is 2.09. The van der Waals surface area contributed by atoms with Gasteiger partial charge in [0.25, 0.3) is 0 Å². The molecule has 1 aromatic rings. The van der Waals surface area contributed by atoms with Crippen molar-refractivity contribution in [3.63, 3.8) is 0 Å². The Morgan fingerprint density at radius 2 is 2.00 bits per heavy atom. The average Bonchev–Trinajstić information content (AvgIpc) is 2.46. The third-order valence-corrected chi connectivity index (χ3v) is 4.82. The fourth-order valence-corrected chi connectivity index (χ4v) is 3.38. The lowest BCUT2D eigenvalue weighted by Crippen LogP contribution is -2.35. The molecule has 0 bridgehead atoms. The number of rotatable bonds is 4. The maximum Gasteiger partial charge on any atom is 0.335 e. The molecule has 0 atom stereocenters. The molecule has 1 aromatic carbocycles. The fraction of sp³-hybridized carbons (Fsp3) is 0.562. The number of carboxylic acids is 1. The zero-order valence-corrected chi connectivity index (χ0v) is 12.9. The van der Waals surface area contributed by atoms with E-state index >= 15 is 0 Å². The average molecular weight is 296 g/mol. The Bertz CT molecular complexity index is 481. The minimum absolute atomic E-state index is 0.238. The minimum Gasteiger partial charge on any atom is -0.478 e. The molecule has 0 aromatic heterocycles. The number of aromatic carboxylic acids is 1. The van der Waals surface area contributed by atoms with E-state index in [1.807, 2.05) is 6.07 Å². The lowest BCUT2D eigenvalue weighted by Gasteiger charge is -2.36. The van der Waals surface area contributed by atoms with Gasteiger partial charge < -0.3 is 10.0 Å². The third-order valence-electron chi connectivity index (χ3n) is 4.52. The highest BCUT2D eigenvalue weighted by molar-refractivity contribution is 6.33. The van der Waals surface area contributed by atoms with Gasteiger partial charge in [0.05, 0.1) is 16.3 Å². The largest absolute Gasteiger partial charge is 0.478 e. The Labute approximate surface area is 125 Å². The molecule has 1 N–H and O–H groups in total. The van der Waals surface area contributed by atoms with Crippen molar-refractivity contribution in [2.24, 2.45) is 5.92 Å². The Hall–Kier alpha value is -1.22. The number of carboxylic acid groups (broad SMARTS) is 1. The van der Waals surface area contributed by atoms with Gasteiger partial charge in [-0.25, -0.2) is 4.79 Å². The fourth-order valence-electron chi connectivity index (χ4n) is 3.06. The summed E-state index contributed by atoms with van der Waals surface area (Å²) < 4.78 is 0. The molecule has 20 heavy (non-hydrogen) atoms. The van der Waals surface area contributed by atoms with Gasteiger partial charge in [0.1, 0.15) is 0 Å². The number of nitrogens with zero attached hydrogens (tertiary/aromatic N) is 1. The van der Waals surface area contributed by atoms with Crippen LogP contribution in [0, 0.1) is 5.92 Å². The van der Waals surface area contributed by atoms with Crippen molar-refractivity contribution in [2.45, 2.75) is 45.1 Å². The van der Waals surface area contributed by atoms with E-state index in [-0.39, 0.29) is 5.56 Å². The van der Waals surface area contributed by atoms with Crippen molar-refractivity contribution in [2.75, 3.05) is 11.9 Å². The predicted molar refractivity (Wildman–Crippen MR) is 82.9 cm³/mol. The summed E-state index contributed by atoms with van der Waals surface area (Å²) in [6.45, 7) is 2.26. The van der Waals surface area contributed by atoms with Crippen molar-refractivity contribution < 1.29 is 9.90 Å². The van der Waals surface area contributed by atoms with Crippen molar-refractivity contribution in [1.29, 1.82) is 0 Å². The van der Waals surface area contributed by atoms with Crippen molar-refractivity contribution in [3.05, 3.63) is 28.8 Å². The molecule has 0 saturated heterocycles. The Morgan fingerprint density at radius 3 is 2.50 bits per heavy atom. The van der Waals surface area contributed by atoms with Crippen LogP contribution in [0.2, 0.25) is 5.02 Å². The second-order valence-electron chi connectivity index (χ2n) is 5.67. The molecule has 1 saturated carbocycles. The Morgan fingerprint density at radius 1 is 1.35 bits per heavy atom. The number of hydrogen-bond acceptors (Lipinski definition) is 2. The summed E-state index contributed by atoms with van der Waals surface area (Å²) in [4.78, 5) is 13.1. The summed E-state index contributed by atoms with van der Waals surface area (Å²) in [5.41, 5.74) is 1.17. The van der Waals surface area contributed by atoms with Gasteiger partial charge in [-0.1, -0.05) is 24.9 Å². The summed E-state index contributed by atoms with van der Waals surface area (Å²) in [6.07, 6.45) is 6.19. The van der Waals surface area contributed by atoms with Crippen molar-refractivity contribution in [1.82, 2.24) is 0 Å². The van der Waals surface area contributed by atoms with Gasteiger partial charge in [0.2, 0.25) is 0 Å². The second kappa shape index (κ2) is 6.49. The summed E-state index contributed by atoms with van der Waals surface area (Å²) in [5, 5.41) is 9.49. The van der Waals surface area contributed by atoms with E-state index in [4.69, 9.17) is 16.7 Å². The van der Waals surface area contributed by atoms with Gasteiger partial charge in [0, 0.05) is 13.1 Å². The first-order valence-electron chi connectivity index (χ1n) is 7.28. The molecule has 3 nitrogen and oxygen atoms in total.